The molecule has 0 unspecified atom stereocenters. The van der Waals surface area contributed by atoms with E-state index >= 15 is 0 Å². The van der Waals surface area contributed by atoms with E-state index in [1.165, 1.54) is 0 Å². The summed E-state index contributed by atoms with van der Waals surface area (Å²) in [5, 5.41) is 0.531. The third-order valence-corrected chi connectivity index (χ3v) is 4.62. The van der Waals surface area contributed by atoms with Crippen LogP contribution in [0.4, 0.5) is 4.79 Å². The van der Waals surface area contributed by atoms with Gasteiger partial charge in [0, 0.05) is 10.9 Å². The zero-order valence-corrected chi connectivity index (χ0v) is 11.4. The first-order valence-electron chi connectivity index (χ1n) is 4.97. The Morgan fingerprint density at radius 2 is 2.12 bits per heavy atom. The van der Waals surface area contributed by atoms with Gasteiger partial charge in [0.15, 0.2) is 0 Å². The summed E-state index contributed by atoms with van der Waals surface area (Å²) < 4.78 is 31.8. The predicted molar refractivity (Wildman–Crippen MR) is 62.6 cm³/mol. The minimum atomic E-state index is -3.84. The maximum Gasteiger partial charge on any atom is 0.421 e. The molecule has 1 rings (SSSR count). The van der Waals surface area contributed by atoms with Crippen LogP contribution in [0.25, 0.3) is 0 Å². The van der Waals surface area contributed by atoms with E-state index in [-0.39, 0.29) is 6.61 Å². The summed E-state index contributed by atoms with van der Waals surface area (Å²) in [5.41, 5.74) is -0.460. The molecule has 0 heterocycles. The number of hydrogen-bond acceptors (Lipinski definition) is 4. The molecule has 1 saturated carbocycles. The molecule has 0 radical (unpaired) electrons. The second kappa shape index (κ2) is 5.33. The molecule has 1 aliphatic carbocycles. The quantitative estimate of drug-likeness (QED) is 0.738. The zero-order valence-electron chi connectivity index (χ0n) is 8.95. The number of amides is 1. The molecule has 0 atom stereocenters. The van der Waals surface area contributed by atoms with Crippen LogP contribution in [0, 0.1) is 0 Å². The van der Waals surface area contributed by atoms with Crippen LogP contribution in [0.15, 0.2) is 0 Å². The lowest BCUT2D eigenvalue weighted by Gasteiger charge is -2.40. The van der Waals surface area contributed by atoms with Gasteiger partial charge in [0.1, 0.15) is 0 Å². The lowest BCUT2D eigenvalue weighted by Crippen LogP contribution is -2.58. The van der Waals surface area contributed by atoms with Gasteiger partial charge in [-0.1, -0.05) is 15.9 Å². The van der Waals surface area contributed by atoms with E-state index in [1.807, 2.05) is 0 Å². The van der Waals surface area contributed by atoms with Crippen LogP contribution < -0.4 is 9.44 Å². The first-order chi connectivity index (χ1) is 7.43. The third kappa shape index (κ3) is 3.60. The molecule has 6 nitrogen and oxygen atoms in total. The van der Waals surface area contributed by atoms with E-state index in [0.29, 0.717) is 5.33 Å². The normalized spacial score (nSPS) is 18.6. The average molecular weight is 315 g/mol. The molecule has 0 spiro atoms. The van der Waals surface area contributed by atoms with E-state index in [1.54, 1.807) is 11.6 Å². The summed E-state index contributed by atoms with van der Waals surface area (Å²) in [5.74, 6) is 0. The summed E-state index contributed by atoms with van der Waals surface area (Å²) >= 11 is 3.26. The fourth-order valence-corrected chi connectivity index (χ4v) is 3.51. The Hall–Kier alpha value is -0.340. The highest BCUT2D eigenvalue weighted by molar-refractivity contribution is 9.09. The van der Waals surface area contributed by atoms with Crippen molar-refractivity contribution in [3.8, 4) is 0 Å². The van der Waals surface area contributed by atoms with Gasteiger partial charge in [0.05, 0.1) is 6.61 Å². The number of rotatable bonds is 5. The van der Waals surface area contributed by atoms with Gasteiger partial charge >= 0.3 is 16.3 Å². The number of halogens is 1. The van der Waals surface area contributed by atoms with Crippen LogP contribution >= 0.6 is 15.9 Å². The SMILES string of the molecule is CCOC(=O)NS(=O)(=O)NC1(CBr)CCC1. The average Bonchev–Trinajstić information content (AvgIpc) is 2.11. The molecule has 1 fully saturated rings. The molecule has 0 aromatic carbocycles. The molecule has 0 saturated heterocycles. The summed E-state index contributed by atoms with van der Waals surface area (Å²) in [6.45, 7) is 1.73. The highest BCUT2D eigenvalue weighted by Gasteiger charge is 2.39. The molecule has 1 aliphatic rings. The molecule has 0 aromatic rings. The molecule has 0 bridgehead atoms. The largest absolute Gasteiger partial charge is 0.449 e. The Kier molecular flexibility index (Phi) is 4.57. The van der Waals surface area contributed by atoms with E-state index in [9.17, 15) is 13.2 Å². The Labute approximate surface area is 103 Å². The molecule has 8 heteroatoms. The lowest BCUT2D eigenvalue weighted by molar-refractivity contribution is 0.158. The number of alkyl halides is 1. The van der Waals surface area contributed by atoms with Crippen molar-refractivity contribution in [3.63, 3.8) is 0 Å². The monoisotopic (exact) mass is 314 g/mol. The van der Waals surface area contributed by atoms with Crippen LogP contribution in [0.2, 0.25) is 0 Å². The Morgan fingerprint density at radius 1 is 1.50 bits per heavy atom. The summed E-state index contributed by atoms with van der Waals surface area (Å²) in [4.78, 5) is 11.0. The van der Waals surface area contributed by atoms with Gasteiger partial charge in [-0.25, -0.2) is 9.52 Å². The molecular formula is C8H15BrN2O4S. The van der Waals surface area contributed by atoms with E-state index in [4.69, 9.17) is 0 Å². The molecule has 16 heavy (non-hydrogen) atoms. The molecule has 0 aliphatic heterocycles. The number of ether oxygens (including phenoxy) is 1. The van der Waals surface area contributed by atoms with Gasteiger partial charge in [0.2, 0.25) is 0 Å². The fraction of sp³-hybridized carbons (Fsp3) is 0.875. The van der Waals surface area contributed by atoms with Gasteiger partial charge in [0.25, 0.3) is 0 Å². The van der Waals surface area contributed by atoms with Gasteiger partial charge in [-0.15, -0.1) is 0 Å². The van der Waals surface area contributed by atoms with Gasteiger partial charge in [-0.3, -0.25) is 0 Å². The number of hydrogen-bond donors (Lipinski definition) is 2. The van der Waals surface area contributed by atoms with Gasteiger partial charge in [-0.2, -0.15) is 13.1 Å². The van der Waals surface area contributed by atoms with Crippen molar-refractivity contribution in [1.29, 1.82) is 0 Å². The van der Waals surface area contributed by atoms with Crippen molar-refractivity contribution in [2.24, 2.45) is 0 Å². The van der Waals surface area contributed by atoms with Gasteiger partial charge < -0.3 is 4.74 Å². The lowest BCUT2D eigenvalue weighted by atomic mass is 9.80. The van der Waals surface area contributed by atoms with Crippen LogP contribution in [0.3, 0.4) is 0 Å². The van der Waals surface area contributed by atoms with Crippen molar-refractivity contribution in [2.45, 2.75) is 31.7 Å². The zero-order chi connectivity index (χ0) is 12.2. The number of nitrogens with one attached hydrogen (secondary N) is 2. The number of carbonyl (C=O) groups is 1. The van der Waals surface area contributed by atoms with Crippen molar-refractivity contribution in [2.75, 3.05) is 11.9 Å². The first-order valence-corrected chi connectivity index (χ1v) is 7.58. The Bertz CT molecular complexity index is 348. The third-order valence-electron chi connectivity index (χ3n) is 2.41. The maximum atomic E-state index is 11.5. The van der Waals surface area contributed by atoms with Crippen molar-refractivity contribution >= 4 is 32.2 Å². The minimum absolute atomic E-state index is 0.130. The Balaban J connectivity index is 2.54. The van der Waals surface area contributed by atoms with Crippen LogP contribution in [0.5, 0.6) is 0 Å². The van der Waals surface area contributed by atoms with Gasteiger partial charge in [-0.05, 0) is 26.2 Å². The van der Waals surface area contributed by atoms with E-state index in [2.05, 4.69) is 25.4 Å². The highest BCUT2D eigenvalue weighted by Crippen LogP contribution is 2.33. The summed E-state index contributed by atoms with van der Waals surface area (Å²) in [7, 11) is -3.84. The van der Waals surface area contributed by atoms with Crippen LogP contribution in [-0.2, 0) is 14.9 Å². The summed E-state index contributed by atoms with van der Waals surface area (Å²) in [6.07, 6.45) is 1.55. The standard InChI is InChI=1S/C8H15BrN2O4S/c1-2-15-7(12)10-16(13,14)11-8(6-9)4-3-5-8/h11H,2-6H2,1H3,(H,10,12). The summed E-state index contributed by atoms with van der Waals surface area (Å²) in [6, 6.07) is 0. The molecule has 0 aromatic heterocycles. The minimum Gasteiger partial charge on any atom is -0.449 e. The highest BCUT2D eigenvalue weighted by atomic mass is 79.9. The molecular weight excluding hydrogens is 300 g/mol. The predicted octanol–water partition coefficient (Wildman–Crippen LogP) is 0.884. The number of carbonyl (C=O) groups excluding carboxylic acids is 1. The first kappa shape index (κ1) is 13.7. The smallest absolute Gasteiger partial charge is 0.421 e. The second-order valence-electron chi connectivity index (χ2n) is 3.70. The second-order valence-corrected chi connectivity index (χ2v) is 5.67. The molecule has 1 amide bonds. The maximum absolute atomic E-state index is 11.5. The van der Waals surface area contributed by atoms with Crippen molar-refractivity contribution in [3.05, 3.63) is 0 Å². The van der Waals surface area contributed by atoms with E-state index < -0.39 is 21.8 Å². The van der Waals surface area contributed by atoms with E-state index in [0.717, 1.165) is 19.3 Å². The molecule has 2 N–H and O–H groups in total. The topological polar surface area (TPSA) is 84.5 Å². The van der Waals surface area contributed by atoms with Crippen molar-refractivity contribution in [1.82, 2.24) is 9.44 Å². The Morgan fingerprint density at radius 3 is 2.50 bits per heavy atom. The fourth-order valence-electron chi connectivity index (χ4n) is 1.45. The van der Waals surface area contributed by atoms with Crippen LogP contribution in [0.1, 0.15) is 26.2 Å². The molecule has 94 valence electrons. The van der Waals surface area contributed by atoms with Crippen LogP contribution in [-0.4, -0.2) is 32.0 Å². The van der Waals surface area contributed by atoms with Crippen molar-refractivity contribution < 1.29 is 17.9 Å².